The summed E-state index contributed by atoms with van der Waals surface area (Å²) < 4.78 is 4.28. The summed E-state index contributed by atoms with van der Waals surface area (Å²) in [6.07, 6.45) is 7.85. The maximum Gasteiger partial charge on any atom is 0.332 e. The predicted molar refractivity (Wildman–Crippen MR) is 126 cm³/mol. The molecule has 32 heavy (non-hydrogen) atoms. The van der Waals surface area contributed by atoms with Crippen molar-refractivity contribution in [3.8, 4) is 0 Å². The van der Waals surface area contributed by atoms with Crippen molar-refractivity contribution in [1.82, 2.24) is 13.7 Å². The third-order valence-electron chi connectivity index (χ3n) is 5.62. The van der Waals surface area contributed by atoms with Gasteiger partial charge in [0.15, 0.2) is 0 Å². The van der Waals surface area contributed by atoms with Gasteiger partial charge in [0.1, 0.15) is 6.54 Å². The van der Waals surface area contributed by atoms with E-state index in [2.05, 4.69) is 6.92 Å². The lowest BCUT2D eigenvalue weighted by molar-refractivity contribution is -0.137. The first-order chi connectivity index (χ1) is 15.4. The monoisotopic (exact) mass is 431 g/mol. The molecule has 4 rings (SSSR count). The number of carboxylic acids is 1. The van der Waals surface area contributed by atoms with Crippen molar-refractivity contribution < 1.29 is 9.90 Å². The molecule has 0 aliphatic carbocycles. The maximum absolute atomic E-state index is 13.2. The number of unbranched alkanes of at least 4 members (excludes halogenated alkanes) is 1. The molecule has 0 amide bonds. The normalized spacial score (nSPS) is 11.7. The standard InChI is InChI=1S/C25H25N3O4/c1-3-4-5-8-17-11-12-22-20(13-17)24(31)28(16-23(29)30)25(32)27(22)15-18-14-26(2)21-10-7-6-9-19(18)21/h5-14H,3-4,15-16H2,1-2H3,(H,29,30)/b8-5+. The summed E-state index contributed by atoms with van der Waals surface area (Å²) in [5.74, 6) is -1.24. The fourth-order valence-corrected chi connectivity index (χ4v) is 4.08. The van der Waals surface area contributed by atoms with Crippen LogP contribution >= 0.6 is 0 Å². The summed E-state index contributed by atoms with van der Waals surface area (Å²) in [4.78, 5) is 37.6. The number of hydrogen-bond donors (Lipinski definition) is 1. The molecule has 7 heteroatoms. The number of benzene rings is 2. The third kappa shape index (κ3) is 3.89. The van der Waals surface area contributed by atoms with E-state index in [0.29, 0.717) is 10.9 Å². The van der Waals surface area contributed by atoms with Crippen molar-refractivity contribution in [2.75, 3.05) is 0 Å². The Labute approximate surface area is 184 Å². The molecule has 0 aliphatic heterocycles. The molecule has 0 unspecified atom stereocenters. The number of allylic oxidation sites excluding steroid dienone is 1. The van der Waals surface area contributed by atoms with Crippen LogP contribution in [-0.4, -0.2) is 24.8 Å². The van der Waals surface area contributed by atoms with E-state index < -0.39 is 23.8 Å². The molecule has 164 valence electrons. The summed E-state index contributed by atoms with van der Waals surface area (Å²) >= 11 is 0. The molecule has 2 aromatic carbocycles. The number of carboxylic acid groups (broad SMARTS) is 1. The number of aromatic nitrogens is 3. The minimum absolute atomic E-state index is 0.224. The summed E-state index contributed by atoms with van der Waals surface area (Å²) in [6, 6.07) is 13.2. The Hall–Kier alpha value is -3.87. The van der Waals surface area contributed by atoms with Gasteiger partial charge in [-0.25, -0.2) is 9.36 Å². The molecule has 0 spiro atoms. The van der Waals surface area contributed by atoms with Gasteiger partial charge in [0.25, 0.3) is 5.56 Å². The lowest BCUT2D eigenvalue weighted by atomic mass is 10.1. The SMILES string of the molecule is CCC/C=C/c1ccc2c(c1)c(=O)n(CC(=O)O)c(=O)n2Cc1cn(C)c2ccccc12. The molecule has 1 N–H and O–H groups in total. The van der Waals surface area contributed by atoms with E-state index in [4.69, 9.17) is 0 Å². The zero-order valence-corrected chi connectivity index (χ0v) is 18.1. The van der Waals surface area contributed by atoms with Gasteiger partial charge in [0.2, 0.25) is 0 Å². The molecular formula is C25H25N3O4. The second-order valence-electron chi connectivity index (χ2n) is 7.90. The Bertz CT molecular complexity index is 1470. The summed E-state index contributed by atoms with van der Waals surface area (Å²) in [5, 5.41) is 10.6. The Kier molecular flexibility index (Phi) is 5.81. The lowest BCUT2D eigenvalue weighted by Gasteiger charge is -2.13. The maximum atomic E-state index is 13.2. The van der Waals surface area contributed by atoms with Crippen LogP contribution in [0.2, 0.25) is 0 Å². The zero-order chi connectivity index (χ0) is 22.8. The fourth-order valence-electron chi connectivity index (χ4n) is 4.08. The first-order valence-electron chi connectivity index (χ1n) is 10.6. The van der Waals surface area contributed by atoms with Gasteiger partial charge in [-0.2, -0.15) is 0 Å². The molecule has 0 aliphatic rings. The highest BCUT2D eigenvalue weighted by molar-refractivity contribution is 5.85. The topological polar surface area (TPSA) is 86.2 Å². The van der Waals surface area contributed by atoms with Gasteiger partial charge < -0.3 is 9.67 Å². The van der Waals surface area contributed by atoms with Crippen molar-refractivity contribution in [3.63, 3.8) is 0 Å². The number of para-hydroxylation sites is 1. The van der Waals surface area contributed by atoms with Crippen LogP contribution in [0.25, 0.3) is 27.9 Å². The molecule has 2 heterocycles. The summed E-state index contributed by atoms with van der Waals surface area (Å²) in [7, 11) is 1.94. The quantitative estimate of drug-likeness (QED) is 0.484. The van der Waals surface area contributed by atoms with Crippen molar-refractivity contribution >= 4 is 33.9 Å². The molecule has 4 aromatic rings. The van der Waals surface area contributed by atoms with Crippen LogP contribution in [0.5, 0.6) is 0 Å². The van der Waals surface area contributed by atoms with E-state index in [-0.39, 0.29) is 6.54 Å². The average molecular weight is 431 g/mol. The van der Waals surface area contributed by atoms with E-state index in [9.17, 15) is 19.5 Å². The van der Waals surface area contributed by atoms with Crippen LogP contribution in [0.4, 0.5) is 0 Å². The van der Waals surface area contributed by atoms with Gasteiger partial charge in [-0.1, -0.05) is 49.8 Å². The highest BCUT2D eigenvalue weighted by atomic mass is 16.4. The number of aliphatic carboxylic acids is 1. The van der Waals surface area contributed by atoms with Gasteiger partial charge in [-0.3, -0.25) is 14.2 Å². The Morgan fingerprint density at radius 1 is 1.03 bits per heavy atom. The van der Waals surface area contributed by atoms with Crippen LogP contribution < -0.4 is 11.2 Å². The second kappa shape index (κ2) is 8.70. The number of hydrogen-bond acceptors (Lipinski definition) is 3. The molecule has 0 radical (unpaired) electrons. The third-order valence-corrected chi connectivity index (χ3v) is 5.62. The smallest absolute Gasteiger partial charge is 0.332 e. The van der Waals surface area contributed by atoms with Crippen LogP contribution in [0.15, 0.2) is 64.3 Å². The van der Waals surface area contributed by atoms with Gasteiger partial charge >= 0.3 is 11.7 Å². The Morgan fingerprint density at radius 3 is 2.56 bits per heavy atom. The van der Waals surface area contributed by atoms with Gasteiger partial charge in [-0.15, -0.1) is 0 Å². The number of aryl methyl sites for hydroxylation is 1. The molecular weight excluding hydrogens is 406 g/mol. The predicted octanol–water partition coefficient (Wildman–Crippen LogP) is 3.60. The molecule has 2 aromatic heterocycles. The van der Waals surface area contributed by atoms with Crippen LogP contribution in [-0.2, 0) is 24.9 Å². The first kappa shape index (κ1) is 21.4. The lowest BCUT2D eigenvalue weighted by Crippen LogP contribution is -2.41. The van der Waals surface area contributed by atoms with Crippen molar-refractivity contribution in [1.29, 1.82) is 0 Å². The largest absolute Gasteiger partial charge is 0.480 e. The van der Waals surface area contributed by atoms with Crippen molar-refractivity contribution in [3.05, 3.63) is 86.7 Å². The minimum Gasteiger partial charge on any atom is -0.480 e. The van der Waals surface area contributed by atoms with Gasteiger partial charge in [0, 0.05) is 24.1 Å². The number of carbonyl (C=O) groups is 1. The second-order valence-corrected chi connectivity index (χ2v) is 7.90. The summed E-state index contributed by atoms with van der Waals surface area (Å²) in [5.41, 5.74) is 2.04. The molecule has 0 saturated heterocycles. The van der Waals surface area contributed by atoms with Crippen LogP contribution in [0, 0.1) is 0 Å². The molecule has 0 atom stereocenters. The minimum atomic E-state index is -1.24. The van der Waals surface area contributed by atoms with E-state index in [1.54, 1.807) is 12.1 Å². The van der Waals surface area contributed by atoms with E-state index in [0.717, 1.165) is 39.4 Å². The van der Waals surface area contributed by atoms with Crippen molar-refractivity contribution in [2.45, 2.75) is 32.9 Å². The molecule has 0 bridgehead atoms. The summed E-state index contributed by atoms with van der Waals surface area (Å²) in [6.45, 7) is 1.63. The molecule has 0 fully saturated rings. The Balaban J connectivity index is 1.94. The highest BCUT2D eigenvalue weighted by Gasteiger charge is 2.17. The van der Waals surface area contributed by atoms with E-state index in [1.807, 2.05) is 60.3 Å². The van der Waals surface area contributed by atoms with Crippen molar-refractivity contribution in [2.24, 2.45) is 7.05 Å². The Morgan fingerprint density at radius 2 is 1.81 bits per heavy atom. The first-order valence-corrected chi connectivity index (χ1v) is 10.6. The fraction of sp³-hybridized carbons (Fsp3) is 0.240. The van der Waals surface area contributed by atoms with Crippen LogP contribution in [0.1, 0.15) is 30.9 Å². The highest BCUT2D eigenvalue weighted by Crippen LogP contribution is 2.22. The zero-order valence-electron chi connectivity index (χ0n) is 18.1. The number of rotatable bonds is 7. The number of nitrogens with zero attached hydrogens (tertiary/aromatic N) is 3. The van der Waals surface area contributed by atoms with E-state index in [1.165, 1.54) is 4.57 Å². The molecule has 7 nitrogen and oxygen atoms in total. The number of fused-ring (bicyclic) bond motifs is 2. The van der Waals surface area contributed by atoms with Gasteiger partial charge in [-0.05, 0) is 35.7 Å². The van der Waals surface area contributed by atoms with E-state index >= 15 is 0 Å². The average Bonchev–Trinajstić information content (AvgIpc) is 3.10. The van der Waals surface area contributed by atoms with Gasteiger partial charge in [0.05, 0.1) is 17.4 Å². The molecule has 0 saturated carbocycles. The van der Waals surface area contributed by atoms with Crippen LogP contribution in [0.3, 0.4) is 0 Å².